The van der Waals surface area contributed by atoms with Crippen molar-refractivity contribution in [2.45, 2.75) is 33.2 Å². The topological polar surface area (TPSA) is 21.3 Å². The molecular formula is C18H22FNO. The lowest BCUT2D eigenvalue weighted by atomic mass is 10.0. The lowest BCUT2D eigenvalue weighted by Gasteiger charge is -2.19. The van der Waals surface area contributed by atoms with Crippen molar-refractivity contribution in [1.29, 1.82) is 0 Å². The van der Waals surface area contributed by atoms with E-state index in [4.69, 9.17) is 4.74 Å². The number of anilines is 1. The van der Waals surface area contributed by atoms with Crippen LogP contribution >= 0.6 is 0 Å². The van der Waals surface area contributed by atoms with Crippen molar-refractivity contribution in [3.8, 4) is 5.75 Å². The molecule has 2 aromatic rings. The predicted molar refractivity (Wildman–Crippen MR) is 85.4 cm³/mol. The van der Waals surface area contributed by atoms with E-state index in [0.717, 1.165) is 12.1 Å². The molecule has 0 amide bonds. The van der Waals surface area contributed by atoms with Gasteiger partial charge >= 0.3 is 0 Å². The van der Waals surface area contributed by atoms with Crippen LogP contribution in [-0.4, -0.2) is 6.61 Å². The van der Waals surface area contributed by atoms with Gasteiger partial charge in [0.15, 0.2) is 11.6 Å². The Labute approximate surface area is 126 Å². The van der Waals surface area contributed by atoms with Crippen molar-refractivity contribution < 1.29 is 9.13 Å². The summed E-state index contributed by atoms with van der Waals surface area (Å²) in [6.07, 6.45) is 0.928. The van der Waals surface area contributed by atoms with Gasteiger partial charge in [0.2, 0.25) is 0 Å². The lowest BCUT2D eigenvalue weighted by molar-refractivity contribution is 0.321. The number of ether oxygens (including phenoxy) is 1. The summed E-state index contributed by atoms with van der Waals surface area (Å²) in [6.45, 7) is 6.49. The SMILES string of the molecule is CCOc1ccc(NC(CC)c2ccc(C)cc2)cc1F. The number of benzene rings is 2. The highest BCUT2D eigenvalue weighted by Gasteiger charge is 2.11. The van der Waals surface area contributed by atoms with Gasteiger partial charge in [-0.2, -0.15) is 0 Å². The molecule has 0 heterocycles. The Balaban J connectivity index is 2.15. The molecule has 3 heteroatoms. The number of hydrogen-bond donors (Lipinski definition) is 1. The molecule has 2 aromatic carbocycles. The molecule has 0 bridgehead atoms. The fraction of sp³-hybridized carbons (Fsp3) is 0.333. The van der Waals surface area contributed by atoms with Crippen LogP contribution in [0.4, 0.5) is 10.1 Å². The van der Waals surface area contributed by atoms with E-state index in [1.54, 1.807) is 6.07 Å². The second kappa shape index (κ2) is 7.11. The van der Waals surface area contributed by atoms with Crippen molar-refractivity contribution >= 4 is 5.69 Å². The quantitative estimate of drug-likeness (QED) is 0.798. The molecule has 0 aromatic heterocycles. The standard InChI is InChI=1S/C18H22FNO/c1-4-17(14-8-6-13(3)7-9-14)20-15-10-11-18(21-5-2)16(19)12-15/h6-12,17,20H,4-5H2,1-3H3. The van der Waals surface area contributed by atoms with Gasteiger partial charge in [0.1, 0.15) is 0 Å². The zero-order valence-corrected chi connectivity index (χ0v) is 12.8. The largest absolute Gasteiger partial charge is 0.491 e. The van der Waals surface area contributed by atoms with Gasteiger partial charge in [-0.05, 0) is 38.0 Å². The molecule has 21 heavy (non-hydrogen) atoms. The van der Waals surface area contributed by atoms with Crippen LogP contribution in [0, 0.1) is 12.7 Å². The maximum absolute atomic E-state index is 13.9. The molecule has 1 atom stereocenters. The smallest absolute Gasteiger partial charge is 0.167 e. The Morgan fingerprint density at radius 2 is 1.81 bits per heavy atom. The second-order valence-corrected chi connectivity index (χ2v) is 5.09. The van der Waals surface area contributed by atoms with Crippen molar-refractivity contribution in [3.63, 3.8) is 0 Å². The molecule has 2 rings (SSSR count). The normalized spacial score (nSPS) is 12.0. The van der Waals surface area contributed by atoms with E-state index in [9.17, 15) is 4.39 Å². The van der Waals surface area contributed by atoms with Crippen LogP contribution in [0.1, 0.15) is 37.4 Å². The molecule has 1 unspecified atom stereocenters. The summed E-state index contributed by atoms with van der Waals surface area (Å²) in [5, 5.41) is 3.38. The van der Waals surface area contributed by atoms with E-state index in [-0.39, 0.29) is 11.9 Å². The first-order valence-corrected chi connectivity index (χ1v) is 7.39. The average Bonchev–Trinajstić information content (AvgIpc) is 2.48. The van der Waals surface area contributed by atoms with Gasteiger partial charge in [0, 0.05) is 11.8 Å². The van der Waals surface area contributed by atoms with Crippen LogP contribution in [0.2, 0.25) is 0 Å². The predicted octanol–water partition coefficient (Wildman–Crippen LogP) is 5.10. The summed E-state index contributed by atoms with van der Waals surface area (Å²) < 4.78 is 19.1. The van der Waals surface area contributed by atoms with E-state index in [2.05, 4.69) is 43.4 Å². The third-order valence-electron chi connectivity index (χ3n) is 3.46. The fourth-order valence-corrected chi connectivity index (χ4v) is 2.28. The summed E-state index contributed by atoms with van der Waals surface area (Å²) in [5.74, 6) is -0.0351. The Morgan fingerprint density at radius 1 is 1.10 bits per heavy atom. The van der Waals surface area contributed by atoms with Crippen LogP contribution in [0.3, 0.4) is 0 Å². The van der Waals surface area contributed by atoms with Crippen molar-refractivity contribution in [3.05, 3.63) is 59.4 Å². The number of halogens is 1. The Kier molecular flexibility index (Phi) is 5.20. The summed E-state index contributed by atoms with van der Waals surface area (Å²) in [7, 11) is 0. The molecule has 0 saturated heterocycles. The van der Waals surface area contributed by atoms with Gasteiger partial charge in [-0.25, -0.2) is 4.39 Å². The monoisotopic (exact) mass is 287 g/mol. The van der Waals surface area contributed by atoms with Crippen molar-refractivity contribution in [2.24, 2.45) is 0 Å². The van der Waals surface area contributed by atoms with Crippen LogP contribution in [0.5, 0.6) is 5.75 Å². The maximum Gasteiger partial charge on any atom is 0.167 e. The number of hydrogen-bond acceptors (Lipinski definition) is 2. The van der Waals surface area contributed by atoms with Gasteiger partial charge < -0.3 is 10.1 Å². The van der Waals surface area contributed by atoms with E-state index < -0.39 is 0 Å². The maximum atomic E-state index is 13.9. The Bertz CT molecular complexity index is 580. The molecule has 112 valence electrons. The zero-order valence-electron chi connectivity index (χ0n) is 12.8. The van der Waals surface area contributed by atoms with E-state index >= 15 is 0 Å². The average molecular weight is 287 g/mol. The summed E-state index contributed by atoms with van der Waals surface area (Å²) in [4.78, 5) is 0. The number of aryl methyl sites for hydroxylation is 1. The molecule has 1 N–H and O–H groups in total. The van der Waals surface area contributed by atoms with Gasteiger partial charge in [-0.1, -0.05) is 36.8 Å². The van der Waals surface area contributed by atoms with Gasteiger partial charge in [-0.15, -0.1) is 0 Å². The summed E-state index contributed by atoms with van der Waals surface area (Å²) in [6, 6.07) is 13.6. The van der Waals surface area contributed by atoms with Crippen LogP contribution in [0.25, 0.3) is 0 Å². The minimum Gasteiger partial charge on any atom is -0.491 e. The van der Waals surface area contributed by atoms with Gasteiger partial charge in [0.05, 0.1) is 12.6 Å². The molecule has 0 aliphatic heterocycles. The molecule has 2 nitrogen and oxygen atoms in total. The summed E-state index contributed by atoms with van der Waals surface area (Å²) in [5.41, 5.74) is 3.21. The third-order valence-corrected chi connectivity index (χ3v) is 3.46. The first kappa shape index (κ1) is 15.4. The molecule has 0 fully saturated rings. The third kappa shape index (κ3) is 3.97. The van der Waals surface area contributed by atoms with E-state index in [1.807, 2.05) is 13.0 Å². The van der Waals surface area contributed by atoms with Crippen molar-refractivity contribution in [2.75, 3.05) is 11.9 Å². The first-order chi connectivity index (χ1) is 10.1. The second-order valence-electron chi connectivity index (χ2n) is 5.09. The van der Waals surface area contributed by atoms with E-state index in [1.165, 1.54) is 17.2 Å². The minimum atomic E-state index is -0.333. The molecule has 0 saturated carbocycles. The highest BCUT2D eigenvalue weighted by Crippen LogP contribution is 2.26. The van der Waals surface area contributed by atoms with Crippen LogP contribution in [0.15, 0.2) is 42.5 Å². The van der Waals surface area contributed by atoms with Crippen LogP contribution < -0.4 is 10.1 Å². The van der Waals surface area contributed by atoms with E-state index in [0.29, 0.717) is 12.4 Å². The van der Waals surface area contributed by atoms with Gasteiger partial charge in [-0.3, -0.25) is 0 Å². The lowest BCUT2D eigenvalue weighted by Crippen LogP contribution is -2.10. The Morgan fingerprint density at radius 3 is 2.38 bits per heavy atom. The highest BCUT2D eigenvalue weighted by atomic mass is 19.1. The Hall–Kier alpha value is -2.03. The fourth-order valence-electron chi connectivity index (χ4n) is 2.28. The van der Waals surface area contributed by atoms with Crippen molar-refractivity contribution in [1.82, 2.24) is 0 Å². The molecular weight excluding hydrogens is 265 g/mol. The number of rotatable bonds is 6. The first-order valence-electron chi connectivity index (χ1n) is 7.39. The molecule has 0 aliphatic carbocycles. The highest BCUT2D eigenvalue weighted by molar-refractivity contribution is 5.49. The van der Waals surface area contributed by atoms with Gasteiger partial charge in [0.25, 0.3) is 0 Å². The molecule has 0 aliphatic rings. The molecule has 0 radical (unpaired) electrons. The van der Waals surface area contributed by atoms with Crippen LogP contribution in [-0.2, 0) is 0 Å². The minimum absolute atomic E-state index is 0.169. The number of nitrogens with one attached hydrogen (secondary N) is 1. The molecule has 0 spiro atoms. The zero-order chi connectivity index (χ0) is 15.2. The summed E-state index contributed by atoms with van der Waals surface area (Å²) >= 11 is 0.